The van der Waals surface area contributed by atoms with Crippen molar-refractivity contribution in [2.24, 2.45) is 10.7 Å². The molecule has 5 heteroatoms. The molecule has 2 rings (SSSR count). The third kappa shape index (κ3) is 5.16. The minimum Gasteiger partial charge on any atom is -0.370 e. The Hall–Kier alpha value is -1.63. The number of benzene rings is 1. The lowest BCUT2D eigenvalue weighted by molar-refractivity contribution is 1.04. The number of guanidine groups is 1. The summed E-state index contributed by atoms with van der Waals surface area (Å²) < 4.78 is 0. The van der Waals surface area contributed by atoms with Crippen LogP contribution in [0.5, 0.6) is 0 Å². The fraction of sp³-hybridized carbons (Fsp3) is 0.200. The van der Waals surface area contributed by atoms with Crippen molar-refractivity contribution in [3.8, 4) is 0 Å². The predicted molar refractivity (Wildman–Crippen MR) is 94.5 cm³/mol. The van der Waals surface area contributed by atoms with E-state index in [1.54, 1.807) is 12.4 Å². The number of rotatable bonds is 3. The molecule has 0 saturated heterocycles. The highest BCUT2D eigenvalue weighted by Gasteiger charge is 1.98. The Morgan fingerprint density at radius 1 is 1.25 bits per heavy atom. The van der Waals surface area contributed by atoms with Crippen molar-refractivity contribution in [2.45, 2.75) is 20.4 Å². The van der Waals surface area contributed by atoms with Crippen LogP contribution >= 0.6 is 24.0 Å². The summed E-state index contributed by atoms with van der Waals surface area (Å²) in [6, 6.07) is 10.1. The zero-order valence-electron chi connectivity index (χ0n) is 11.6. The van der Waals surface area contributed by atoms with Crippen LogP contribution in [0.25, 0.3) is 0 Å². The Kier molecular flexibility index (Phi) is 6.44. The van der Waals surface area contributed by atoms with E-state index in [1.165, 1.54) is 11.1 Å². The first-order valence-electron chi connectivity index (χ1n) is 6.17. The number of aromatic nitrogens is 1. The summed E-state index contributed by atoms with van der Waals surface area (Å²) in [5.74, 6) is 0.411. The van der Waals surface area contributed by atoms with Crippen LogP contribution in [0.2, 0.25) is 0 Å². The largest absolute Gasteiger partial charge is 0.370 e. The first kappa shape index (κ1) is 16.4. The average Bonchev–Trinajstić information content (AvgIpc) is 2.36. The quantitative estimate of drug-likeness (QED) is 0.487. The van der Waals surface area contributed by atoms with Gasteiger partial charge in [0.2, 0.25) is 0 Å². The summed E-state index contributed by atoms with van der Waals surface area (Å²) in [5.41, 5.74) is 10.3. The molecule has 1 heterocycles. The second-order valence-electron chi connectivity index (χ2n) is 4.56. The predicted octanol–water partition coefficient (Wildman–Crippen LogP) is 3.24. The summed E-state index contributed by atoms with van der Waals surface area (Å²) >= 11 is 0. The Morgan fingerprint density at radius 2 is 1.95 bits per heavy atom. The molecule has 0 aliphatic carbocycles. The van der Waals surface area contributed by atoms with E-state index in [9.17, 15) is 0 Å². The fourth-order valence-corrected chi connectivity index (χ4v) is 1.90. The summed E-state index contributed by atoms with van der Waals surface area (Å²) in [7, 11) is 0. The number of anilines is 1. The lowest BCUT2D eigenvalue weighted by Crippen LogP contribution is -2.22. The van der Waals surface area contributed by atoms with Crippen molar-refractivity contribution in [2.75, 3.05) is 5.32 Å². The van der Waals surface area contributed by atoms with Crippen LogP contribution in [-0.2, 0) is 6.54 Å². The molecule has 1 aromatic heterocycles. The molecule has 0 atom stereocenters. The molecular formula is C15H19IN4. The van der Waals surface area contributed by atoms with Crippen molar-refractivity contribution in [3.63, 3.8) is 0 Å². The number of aryl methyl sites for hydroxylation is 2. The molecule has 20 heavy (non-hydrogen) atoms. The van der Waals surface area contributed by atoms with Gasteiger partial charge in [-0.3, -0.25) is 4.98 Å². The zero-order valence-corrected chi connectivity index (χ0v) is 14.0. The van der Waals surface area contributed by atoms with Gasteiger partial charge in [0.25, 0.3) is 0 Å². The van der Waals surface area contributed by atoms with Crippen LogP contribution in [0.1, 0.15) is 16.7 Å². The monoisotopic (exact) mass is 382 g/mol. The lowest BCUT2D eigenvalue weighted by Gasteiger charge is -2.08. The number of pyridine rings is 1. The first-order valence-corrected chi connectivity index (χ1v) is 6.17. The molecule has 2 aromatic rings. The maximum atomic E-state index is 5.87. The zero-order chi connectivity index (χ0) is 13.7. The summed E-state index contributed by atoms with van der Waals surface area (Å²) in [6.07, 6.45) is 3.53. The lowest BCUT2D eigenvalue weighted by atomic mass is 10.1. The number of nitrogens with one attached hydrogen (secondary N) is 1. The Bertz CT molecular complexity index is 561. The van der Waals surface area contributed by atoms with Gasteiger partial charge in [0.15, 0.2) is 5.96 Å². The van der Waals surface area contributed by atoms with Crippen LogP contribution in [0.4, 0.5) is 5.69 Å². The van der Waals surface area contributed by atoms with Gasteiger partial charge in [-0.1, -0.05) is 12.1 Å². The molecule has 0 radical (unpaired) electrons. The molecule has 4 nitrogen and oxygen atoms in total. The van der Waals surface area contributed by atoms with E-state index in [4.69, 9.17) is 5.73 Å². The molecule has 0 amide bonds. The Morgan fingerprint density at radius 3 is 2.55 bits per heavy atom. The number of halogens is 1. The minimum atomic E-state index is 0. The first-order chi connectivity index (χ1) is 9.13. The highest BCUT2D eigenvalue weighted by Crippen LogP contribution is 2.13. The van der Waals surface area contributed by atoms with Crippen molar-refractivity contribution >= 4 is 35.6 Å². The minimum absolute atomic E-state index is 0. The van der Waals surface area contributed by atoms with E-state index in [-0.39, 0.29) is 24.0 Å². The Balaban J connectivity index is 0.00000200. The molecule has 106 valence electrons. The van der Waals surface area contributed by atoms with Gasteiger partial charge in [-0.25, -0.2) is 4.99 Å². The molecule has 3 N–H and O–H groups in total. The van der Waals surface area contributed by atoms with Crippen molar-refractivity contribution in [3.05, 3.63) is 59.4 Å². The van der Waals surface area contributed by atoms with Gasteiger partial charge >= 0.3 is 0 Å². The maximum absolute atomic E-state index is 5.87. The third-order valence-corrected chi connectivity index (χ3v) is 2.65. The van der Waals surface area contributed by atoms with E-state index < -0.39 is 0 Å². The van der Waals surface area contributed by atoms with Crippen LogP contribution in [-0.4, -0.2) is 10.9 Å². The van der Waals surface area contributed by atoms with Crippen molar-refractivity contribution in [1.82, 2.24) is 4.98 Å². The standard InChI is InChI=1S/C15H18N4.HI/c1-11-6-12(2)8-14(7-11)19-15(16)18-10-13-4-3-5-17-9-13;/h3-9H,10H2,1-2H3,(H3,16,18,19);1H. The molecule has 1 aromatic carbocycles. The summed E-state index contributed by atoms with van der Waals surface area (Å²) in [6.45, 7) is 4.64. The SMILES string of the molecule is Cc1cc(C)cc(NC(N)=NCc2cccnc2)c1.I. The van der Waals surface area contributed by atoms with Gasteiger partial charge in [-0.15, -0.1) is 24.0 Å². The maximum Gasteiger partial charge on any atom is 0.193 e. The molecule has 0 saturated carbocycles. The van der Waals surface area contributed by atoms with Crippen LogP contribution in [0.3, 0.4) is 0 Å². The number of aliphatic imine (C=N–C) groups is 1. The Labute approximate surface area is 136 Å². The van der Waals surface area contributed by atoms with Gasteiger partial charge in [0, 0.05) is 18.1 Å². The van der Waals surface area contributed by atoms with Gasteiger partial charge in [-0.05, 0) is 48.7 Å². The van der Waals surface area contributed by atoms with Gasteiger partial charge in [0.1, 0.15) is 0 Å². The summed E-state index contributed by atoms with van der Waals surface area (Å²) in [4.78, 5) is 8.33. The number of hydrogen-bond acceptors (Lipinski definition) is 2. The number of nitrogens with two attached hydrogens (primary N) is 1. The molecule has 0 spiro atoms. The molecule has 0 aliphatic heterocycles. The van der Waals surface area contributed by atoms with Crippen LogP contribution in [0.15, 0.2) is 47.7 Å². The number of nitrogens with zero attached hydrogens (tertiary/aromatic N) is 2. The van der Waals surface area contributed by atoms with Crippen LogP contribution < -0.4 is 11.1 Å². The molecule has 0 bridgehead atoms. The smallest absolute Gasteiger partial charge is 0.193 e. The highest BCUT2D eigenvalue weighted by molar-refractivity contribution is 14.0. The van der Waals surface area contributed by atoms with E-state index in [0.717, 1.165) is 11.3 Å². The second-order valence-corrected chi connectivity index (χ2v) is 4.56. The topological polar surface area (TPSA) is 63.3 Å². The number of hydrogen-bond donors (Lipinski definition) is 2. The molecular weight excluding hydrogens is 363 g/mol. The van der Waals surface area contributed by atoms with Gasteiger partial charge in [0.05, 0.1) is 6.54 Å². The van der Waals surface area contributed by atoms with Crippen LogP contribution in [0, 0.1) is 13.8 Å². The second kappa shape index (κ2) is 7.84. The molecule has 0 unspecified atom stereocenters. The van der Waals surface area contributed by atoms with Crippen molar-refractivity contribution in [1.29, 1.82) is 0 Å². The van der Waals surface area contributed by atoms with E-state index in [0.29, 0.717) is 12.5 Å². The fourth-order valence-electron chi connectivity index (χ4n) is 1.90. The molecule has 0 fully saturated rings. The van der Waals surface area contributed by atoms with Gasteiger partial charge < -0.3 is 11.1 Å². The average molecular weight is 382 g/mol. The third-order valence-electron chi connectivity index (χ3n) is 2.65. The van der Waals surface area contributed by atoms with E-state index in [1.807, 2.05) is 24.3 Å². The summed E-state index contributed by atoms with van der Waals surface area (Å²) in [5, 5.41) is 3.10. The van der Waals surface area contributed by atoms with Gasteiger partial charge in [-0.2, -0.15) is 0 Å². The van der Waals surface area contributed by atoms with Crippen molar-refractivity contribution < 1.29 is 0 Å². The van der Waals surface area contributed by atoms with E-state index >= 15 is 0 Å². The highest BCUT2D eigenvalue weighted by atomic mass is 127. The normalized spacial score (nSPS) is 10.8. The van der Waals surface area contributed by atoms with E-state index in [2.05, 4.69) is 35.2 Å². The molecule has 0 aliphatic rings.